The highest BCUT2D eigenvalue weighted by molar-refractivity contribution is 6.21. The Bertz CT molecular complexity index is 691. The van der Waals surface area contributed by atoms with Crippen LogP contribution in [0.15, 0.2) is 58.6 Å². The summed E-state index contributed by atoms with van der Waals surface area (Å²) in [5.74, 6) is 0.808. The molecule has 3 heteroatoms. The summed E-state index contributed by atoms with van der Waals surface area (Å²) in [6, 6.07) is 8.65. The molecule has 1 heterocycles. The molecule has 3 rings (SSSR count). The average molecular weight is 292 g/mol. The van der Waals surface area contributed by atoms with E-state index in [0.717, 1.165) is 12.1 Å². The Morgan fingerprint density at radius 2 is 1.82 bits per heavy atom. The molecule has 1 aliphatic heterocycles. The molecule has 0 spiro atoms. The molecule has 0 saturated heterocycles. The molecule has 22 heavy (non-hydrogen) atoms. The maximum atomic E-state index is 12.0. The number of hydrogen-bond donors (Lipinski definition) is 0. The number of aryl methyl sites for hydroxylation is 1. The number of aliphatic imine (C=N–C) groups is 2. The Kier molecular flexibility index (Phi) is 4.14. The third kappa shape index (κ3) is 3.14. The number of benzene rings is 1. The van der Waals surface area contributed by atoms with Gasteiger partial charge in [-0.05, 0) is 29.5 Å². The molecule has 0 fully saturated rings. The first-order chi connectivity index (χ1) is 10.6. The lowest BCUT2D eigenvalue weighted by atomic mass is 9.96. The van der Waals surface area contributed by atoms with Gasteiger partial charge in [0.2, 0.25) is 0 Å². The molecular formula is C19H20N2O. The lowest BCUT2D eigenvalue weighted by Crippen LogP contribution is -2.27. The molecule has 0 bridgehead atoms. The Morgan fingerprint density at radius 3 is 2.55 bits per heavy atom. The zero-order valence-corrected chi connectivity index (χ0v) is 13.0. The van der Waals surface area contributed by atoms with Crippen LogP contribution in [0.3, 0.4) is 0 Å². The van der Waals surface area contributed by atoms with E-state index >= 15 is 0 Å². The molecule has 1 amide bonds. The lowest BCUT2D eigenvalue weighted by Gasteiger charge is -2.17. The maximum absolute atomic E-state index is 12.0. The number of allylic oxidation sites excluding steroid dienone is 3. The minimum atomic E-state index is -0.279. The zero-order chi connectivity index (χ0) is 15.5. The van der Waals surface area contributed by atoms with Crippen LogP contribution < -0.4 is 0 Å². The second-order valence-electron chi connectivity index (χ2n) is 6.02. The number of rotatable bonds is 4. The average Bonchev–Trinajstić information content (AvgIpc) is 2.53. The van der Waals surface area contributed by atoms with Crippen molar-refractivity contribution < 1.29 is 4.79 Å². The van der Waals surface area contributed by atoms with E-state index < -0.39 is 0 Å². The van der Waals surface area contributed by atoms with Gasteiger partial charge in [-0.1, -0.05) is 56.3 Å². The van der Waals surface area contributed by atoms with Gasteiger partial charge in [-0.2, -0.15) is 4.99 Å². The normalized spacial score (nSPS) is 20.0. The van der Waals surface area contributed by atoms with Crippen molar-refractivity contribution in [2.45, 2.75) is 32.6 Å². The van der Waals surface area contributed by atoms with Crippen molar-refractivity contribution in [3.8, 4) is 0 Å². The summed E-state index contributed by atoms with van der Waals surface area (Å²) in [4.78, 5) is 20.7. The number of carbonyl (C=O) groups excluding carboxylic acids is 1. The molecule has 112 valence electrons. The number of fused-ring (bicyclic) bond motifs is 1. The van der Waals surface area contributed by atoms with Gasteiger partial charge in [0.05, 0.1) is 5.71 Å². The third-order valence-electron chi connectivity index (χ3n) is 4.05. The molecule has 3 nitrogen and oxygen atoms in total. The molecule has 0 radical (unpaired) electrons. The van der Waals surface area contributed by atoms with Crippen LogP contribution in [0.1, 0.15) is 37.3 Å². The van der Waals surface area contributed by atoms with Crippen LogP contribution in [0, 0.1) is 5.92 Å². The summed E-state index contributed by atoms with van der Waals surface area (Å²) in [5, 5.41) is 0. The second kappa shape index (κ2) is 6.22. The van der Waals surface area contributed by atoms with Crippen LogP contribution in [0.2, 0.25) is 0 Å². The van der Waals surface area contributed by atoms with Crippen molar-refractivity contribution in [1.29, 1.82) is 0 Å². The first-order valence-corrected chi connectivity index (χ1v) is 7.77. The number of carbonyl (C=O) groups is 1. The largest absolute Gasteiger partial charge is 0.271 e. The SMILES string of the molecule is CC(C)c1ccc(CCC2=NC(=O)C3C=CC=CC3=N2)cc1. The van der Waals surface area contributed by atoms with Crippen LogP contribution in [-0.2, 0) is 11.2 Å². The quantitative estimate of drug-likeness (QED) is 0.830. The van der Waals surface area contributed by atoms with Crippen molar-refractivity contribution in [1.82, 2.24) is 0 Å². The molecular weight excluding hydrogens is 272 g/mol. The van der Waals surface area contributed by atoms with Gasteiger partial charge in [-0.25, -0.2) is 4.99 Å². The van der Waals surface area contributed by atoms with E-state index in [4.69, 9.17) is 0 Å². The van der Waals surface area contributed by atoms with Crippen LogP contribution in [0.25, 0.3) is 0 Å². The minimum Gasteiger partial charge on any atom is -0.271 e. The first-order valence-electron chi connectivity index (χ1n) is 7.77. The van der Waals surface area contributed by atoms with Gasteiger partial charge in [0, 0.05) is 6.42 Å². The van der Waals surface area contributed by atoms with Gasteiger partial charge in [-0.3, -0.25) is 4.79 Å². The molecule has 1 aliphatic carbocycles. The van der Waals surface area contributed by atoms with Crippen molar-refractivity contribution in [3.05, 3.63) is 59.7 Å². The summed E-state index contributed by atoms with van der Waals surface area (Å²) in [7, 11) is 0. The van der Waals surface area contributed by atoms with Crippen LogP contribution >= 0.6 is 0 Å². The zero-order valence-electron chi connectivity index (χ0n) is 13.0. The number of hydrogen-bond acceptors (Lipinski definition) is 2. The molecule has 2 aliphatic rings. The minimum absolute atomic E-state index is 0.101. The van der Waals surface area contributed by atoms with Crippen molar-refractivity contribution in [3.63, 3.8) is 0 Å². The number of nitrogens with zero attached hydrogens (tertiary/aromatic N) is 2. The number of amidine groups is 1. The topological polar surface area (TPSA) is 41.8 Å². The monoisotopic (exact) mass is 292 g/mol. The molecule has 0 aromatic heterocycles. The van der Waals surface area contributed by atoms with Gasteiger partial charge < -0.3 is 0 Å². The predicted molar refractivity (Wildman–Crippen MR) is 90.5 cm³/mol. The first kappa shape index (κ1) is 14.6. The lowest BCUT2D eigenvalue weighted by molar-refractivity contribution is -0.118. The van der Waals surface area contributed by atoms with Gasteiger partial charge in [0.1, 0.15) is 11.8 Å². The molecule has 1 unspecified atom stereocenters. The highest BCUT2D eigenvalue weighted by atomic mass is 16.1. The summed E-state index contributed by atoms with van der Waals surface area (Å²) in [6.07, 6.45) is 9.08. The van der Waals surface area contributed by atoms with Gasteiger partial charge in [0.25, 0.3) is 5.91 Å². The van der Waals surface area contributed by atoms with E-state index in [1.807, 2.05) is 24.3 Å². The molecule has 0 N–H and O–H groups in total. The van der Waals surface area contributed by atoms with E-state index in [9.17, 15) is 4.79 Å². The Morgan fingerprint density at radius 1 is 1.05 bits per heavy atom. The fourth-order valence-electron chi connectivity index (χ4n) is 2.66. The van der Waals surface area contributed by atoms with Crippen molar-refractivity contribution in [2.24, 2.45) is 15.9 Å². The predicted octanol–water partition coefficient (Wildman–Crippen LogP) is 3.86. The van der Waals surface area contributed by atoms with Crippen molar-refractivity contribution in [2.75, 3.05) is 0 Å². The molecule has 0 saturated carbocycles. The Labute approximate surface area is 131 Å². The number of amides is 1. The van der Waals surface area contributed by atoms with Crippen molar-refractivity contribution >= 4 is 17.5 Å². The maximum Gasteiger partial charge on any atom is 0.260 e. The van der Waals surface area contributed by atoms with Crippen LogP contribution in [0.4, 0.5) is 0 Å². The smallest absolute Gasteiger partial charge is 0.260 e. The summed E-state index contributed by atoms with van der Waals surface area (Å²) in [6.45, 7) is 4.38. The Hall–Kier alpha value is -2.29. The second-order valence-corrected chi connectivity index (χ2v) is 6.02. The van der Waals surface area contributed by atoms with E-state index in [1.165, 1.54) is 11.1 Å². The molecule has 1 aromatic rings. The highest BCUT2D eigenvalue weighted by Gasteiger charge is 2.25. The summed E-state index contributed by atoms with van der Waals surface area (Å²) in [5.41, 5.74) is 3.41. The standard InChI is InChI=1S/C19H20N2O/c1-13(2)15-10-7-14(8-11-15)9-12-18-20-17-6-4-3-5-16(17)19(22)21-18/h3-8,10-11,13,16H,9,12H2,1-2H3. The summed E-state index contributed by atoms with van der Waals surface area (Å²) < 4.78 is 0. The van der Waals surface area contributed by atoms with Crippen LogP contribution in [0.5, 0.6) is 0 Å². The van der Waals surface area contributed by atoms with E-state index in [1.54, 1.807) is 0 Å². The highest BCUT2D eigenvalue weighted by Crippen LogP contribution is 2.19. The molecule has 1 aromatic carbocycles. The van der Waals surface area contributed by atoms with Gasteiger partial charge in [-0.15, -0.1) is 0 Å². The van der Waals surface area contributed by atoms with Gasteiger partial charge >= 0.3 is 0 Å². The van der Waals surface area contributed by atoms with Crippen LogP contribution in [-0.4, -0.2) is 17.5 Å². The van der Waals surface area contributed by atoms with Gasteiger partial charge in [0.15, 0.2) is 0 Å². The van der Waals surface area contributed by atoms with E-state index in [2.05, 4.69) is 48.1 Å². The summed E-state index contributed by atoms with van der Waals surface area (Å²) >= 11 is 0. The Balaban J connectivity index is 1.67. The van der Waals surface area contributed by atoms with E-state index in [0.29, 0.717) is 18.2 Å². The van der Waals surface area contributed by atoms with E-state index in [-0.39, 0.29) is 11.8 Å². The molecule has 1 atom stereocenters. The fourth-order valence-corrected chi connectivity index (χ4v) is 2.66. The third-order valence-corrected chi connectivity index (χ3v) is 4.05. The fraction of sp³-hybridized carbons (Fsp3) is 0.316.